The summed E-state index contributed by atoms with van der Waals surface area (Å²) in [7, 11) is 0. The highest BCUT2D eigenvalue weighted by molar-refractivity contribution is 7.11. The average molecular weight is 425 g/mol. The molecule has 0 spiro atoms. The van der Waals surface area contributed by atoms with E-state index in [-0.39, 0.29) is 0 Å². The molecule has 5 rings (SSSR count). The Hall–Kier alpha value is -2.25. The minimum atomic E-state index is 0.362. The van der Waals surface area contributed by atoms with Gasteiger partial charge >= 0.3 is 0 Å². The number of fused-ring (bicyclic) bond motifs is 1. The molecule has 4 heterocycles. The van der Waals surface area contributed by atoms with Crippen molar-refractivity contribution in [3.05, 3.63) is 39.8 Å². The van der Waals surface area contributed by atoms with Gasteiger partial charge in [-0.3, -0.25) is 9.79 Å². The lowest BCUT2D eigenvalue weighted by Crippen LogP contribution is -2.45. The van der Waals surface area contributed by atoms with Crippen LogP contribution in [0.25, 0.3) is 6.08 Å². The van der Waals surface area contributed by atoms with E-state index in [0.29, 0.717) is 17.1 Å². The average Bonchev–Trinajstić information content (AvgIpc) is 3.39. The Balaban J connectivity index is 1.10. The monoisotopic (exact) mass is 424 g/mol. The van der Waals surface area contributed by atoms with E-state index in [0.717, 1.165) is 87.0 Å². The molecule has 2 aromatic rings. The molecule has 30 heavy (non-hydrogen) atoms. The van der Waals surface area contributed by atoms with E-state index in [1.165, 1.54) is 5.56 Å². The Morgan fingerprint density at radius 2 is 1.97 bits per heavy atom. The molecular formula is C23H28N4O2S. The molecule has 1 aromatic carbocycles. The summed E-state index contributed by atoms with van der Waals surface area (Å²) in [4.78, 5) is 25.5. The Labute approximate surface area is 180 Å². The molecule has 2 fully saturated rings. The maximum Gasteiger partial charge on any atom is 0.281 e. The lowest BCUT2D eigenvalue weighted by Gasteiger charge is -2.36. The second-order valence-corrected chi connectivity index (χ2v) is 9.29. The van der Waals surface area contributed by atoms with Gasteiger partial charge in [0.1, 0.15) is 5.75 Å². The number of ether oxygens (including phenoxy) is 1. The van der Waals surface area contributed by atoms with E-state index in [9.17, 15) is 4.79 Å². The number of carbonyl (C=O) groups is 1. The van der Waals surface area contributed by atoms with Gasteiger partial charge in [-0.25, -0.2) is 0 Å². The molecule has 0 saturated carbocycles. The molecule has 6 nitrogen and oxygen atoms in total. The highest BCUT2D eigenvalue weighted by Gasteiger charge is 2.30. The molecule has 2 saturated heterocycles. The number of thiazole rings is 1. The van der Waals surface area contributed by atoms with Crippen molar-refractivity contribution in [1.29, 1.82) is 0 Å². The highest BCUT2D eigenvalue weighted by Crippen LogP contribution is 2.23. The fraction of sp³-hybridized carbons (Fsp3) is 0.522. The van der Waals surface area contributed by atoms with Crippen LogP contribution in [-0.2, 0) is 11.2 Å². The van der Waals surface area contributed by atoms with Crippen molar-refractivity contribution in [3.63, 3.8) is 0 Å². The quantitative estimate of drug-likeness (QED) is 0.714. The zero-order valence-corrected chi connectivity index (χ0v) is 18.1. The summed E-state index contributed by atoms with van der Waals surface area (Å²) in [6.45, 7) is 5.03. The van der Waals surface area contributed by atoms with E-state index >= 15 is 0 Å². The molecule has 0 unspecified atom stereocenters. The molecule has 1 aromatic heterocycles. The number of carbonyl (C=O) groups excluding carboxylic acids is 1. The summed E-state index contributed by atoms with van der Waals surface area (Å²) in [5.74, 6) is 1.18. The first kappa shape index (κ1) is 19.7. The molecule has 0 radical (unpaired) electrons. The largest absolute Gasteiger partial charge is 0.431 e. The lowest BCUT2D eigenvalue weighted by atomic mass is 10.0. The molecule has 0 atom stereocenters. The molecule has 1 amide bonds. The Bertz CT molecular complexity index is 975. The fourth-order valence-corrected chi connectivity index (χ4v) is 5.44. The standard InChI is InChI=1S/C23H28N4O2S/c28-21-4-2-13-27(21)18-10-15-26(16-11-18)14-9-17-5-7-19(8-6-17)29-23-25-22-20(30-23)3-1-12-24-22/h3,5-8,18H,1-2,4,9-16H2. The van der Waals surface area contributed by atoms with Crippen molar-refractivity contribution in [2.45, 2.75) is 44.6 Å². The lowest BCUT2D eigenvalue weighted by molar-refractivity contribution is -0.130. The van der Waals surface area contributed by atoms with E-state index in [2.05, 4.69) is 38.0 Å². The normalized spacial score (nSPS) is 20.0. The summed E-state index contributed by atoms with van der Waals surface area (Å²) in [5.41, 5.74) is 2.14. The highest BCUT2D eigenvalue weighted by atomic mass is 32.1. The van der Waals surface area contributed by atoms with Gasteiger partial charge in [0.2, 0.25) is 5.91 Å². The van der Waals surface area contributed by atoms with Crippen LogP contribution in [0.15, 0.2) is 29.3 Å². The maximum absolute atomic E-state index is 12.0. The molecule has 0 aliphatic carbocycles. The number of hydrogen-bond donors (Lipinski definition) is 0. The van der Waals surface area contributed by atoms with Crippen LogP contribution in [0, 0.1) is 0 Å². The number of rotatable bonds is 6. The van der Waals surface area contributed by atoms with Crippen LogP contribution in [0.3, 0.4) is 0 Å². The van der Waals surface area contributed by atoms with E-state index in [1.54, 1.807) is 11.3 Å². The molecule has 0 N–H and O–H groups in total. The topological polar surface area (TPSA) is 58.0 Å². The van der Waals surface area contributed by atoms with Gasteiger partial charge < -0.3 is 14.5 Å². The van der Waals surface area contributed by atoms with Crippen LogP contribution in [0.5, 0.6) is 10.9 Å². The maximum atomic E-state index is 12.0. The van der Waals surface area contributed by atoms with Crippen LogP contribution >= 0.6 is 11.3 Å². The van der Waals surface area contributed by atoms with Crippen molar-refractivity contribution in [2.75, 3.05) is 32.7 Å². The molecular weight excluding hydrogens is 396 g/mol. The Kier molecular flexibility index (Phi) is 5.82. The molecule has 158 valence electrons. The van der Waals surface area contributed by atoms with E-state index in [1.807, 2.05) is 12.1 Å². The Morgan fingerprint density at radius 3 is 2.70 bits per heavy atom. The van der Waals surface area contributed by atoms with Crippen LogP contribution in [0.4, 0.5) is 0 Å². The third kappa shape index (κ3) is 4.42. The van der Waals surface area contributed by atoms with Gasteiger partial charge in [0.05, 0.1) is 4.53 Å². The zero-order chi connectivity index (χ0) is 20.3. The van der Waals surface area contributed by atoms with Gasteiger partial charge in [-0.1, -0.05) is 29.5 Å². The first-order valence-corrected chi connectivity index (χ1v) is 11.9. The second kappa shape index (κ2) is 8.86. The minimum Gasteiger partial charge on any atom is -0.431 e. The van der Waals surface area contributed by atoms with Gasteiger partial charge in [-0.15, -0.1) is 0 Å². The van der Waals surface area contributed by atoms with Crippen LogP contribution < -0.4 is 14.8 Å². The number of likely N-dealkylation sites (tertiary alicyclic amines) is 2. The molecule has 3 aliphatic heterocycles. The van der Waals surface area contributed by atoms with Crippen LogP contribution in [0.2, 0.25) is 0 Å². The SMILES string of the molecule is O=C1CCCN1C1CCN(CCc2ccc(Oc3nc4c(s3)=CCCN=4)cc2)CC1. The third-order valence-electron chi connectivity index (χ3n) is 6.29. The number of aromatic nitrogens is 1. The summed E-state index contributed by atoms with van der Waals surface area (Å²) < 4.78 is 7.05. The van der Waals surface area contributed by atoms with Crippen molar-refractivity contribution in [3.8, 4) is 10.9 Å². The van der Waals surface area contributed by atoms with Crippen LogP contribution in [-0.4, -0.2) is 59.5 Å². The number of piperidine rings is 1. The van der Waals surface area contributed by atoms with Crippen molar-refractivity contribution in [1.82, 2.24) is 14.8 Å². The number of benzene rings is 1. The molecule has 7 heteroatoms. The number of nitrogens with zero attached hydrogens (tertiary/aromatic N) is 4. The smallest absolute Gasteiger partial charge is 0.281 e. The van der Waals surface area contributed by atoms with Crippen molar-refractivity contribution in [2.24, 2.45) is 4.99 Å². The summed E-state index contributed by atoms with van der Waals surface area (Å²) in [6.07, 6.45) is 8.21. The molecule has 0 bridgehead atoms. The predicted molar refractivity (Wildman–Crippen MR) is 117 cm³/mol. The van der Waals surface area contributed by atoms with E-state index < -0.39 is 0 Å². The van der Waals surface area contributed by atoms with Gasteiger partial charge in [0, 0.05) is 45.2 Å². The van der Waals surface area contributed by atoms with Gasteiger partial charge in [0.15, 0.2) is 5.49 Å². The minimum absolute atomic E-state index is 0.362. The van der Waals surface area contributed by atoms with Crippen molar-refractivity contribution < 1.29 is 9.53 Å². The van der Waals surface area contributed by atoms with Gasteiger partial charge in [-0.05, 0) is 49.8 Å². The zero-order valence-electron chi connectivity index (χ0n) is 17.3. The fourth-order valence-electron chi connectivity index (χ4n) is 4.58. The summed E-state index contributed by atoms with van der Waals surface area (Å²) in [6, 6.07) is 8.82. The molecule has 3 aliphatic rings. The number of amides is 1. The second-order valence-electron chi connectivity index (χ2n) is 8.30. The van der Waals surface area contributed by atoms with E-state index in [4.69, 9.17) is 4.74 Å². The first-order chi connectivity index (χ1) is 14.7. The van der Waals surface area contributed by atoms with Crippen molar-refractivity contribution >= 4 is 23.3 Å². The number of hydrogen-bond acceptors (Lipinski definition) is 6. The van der Waals surface area contributed by atoms with Gasteiger partial charge in [0.25, 0.3) is 5.19 Å². The predicted octanol–water partition coefficient (Wildman–Crippen LogP) is 2.37. The van der Waals surface area contributed by atoms with Gasteiger partial charge in [-0.2, -0.15) is 4.98 Å². The third-order valence-corrected chi connectivity index (χ3v) is 7.21. The Morgan fingerprint density at radius 1 is 1.13 bits per heavy atom. The van der Waals surface area contributed by atoms with Crippen LogP contribution in [0.1, 0.15) is 37.7 Å². The first-order valence-electron chi connectivity index (χ1n) is 11.0. The summed E-state index contributed by atoms with van der Waals surface area (Å²) >= 11 is 1.56. The summed E-state index contributed by atoms with van der Waals surface area (Å²) in [5, 5.41) is 0.661.